The van der Waals surface area contributed by atoms with Crippen molar-refractivity contribution in [3.05, 3.63) is 41.1 Å². The Bertz CT molecular complexity index is 733. The maximum absolute atomic E-state index is 14.7. The summed E-state index contributed by atoms with van der Waals surface area (Å²) in [4.78, 5) is 17.4. The van der Waals surface area contributed by atoms with Crippen LogP contribution in [0.25, 0.3) is 0 Å². The first-order chi connectivity index (χ1) is 13.6. The van der Waals surface area contributed by atoms with Crippen LogP contribution in [0.2, 0.25) is 0 Å². The normalized spacial score (nSPS) is 27.6. The number of carbonyl (C=O) groups excluding carboxylic acids is 1. The molecule has 0 aromatic heterocycles. The number of rotatable bonds is 6. The highest BCUT2D eigenvalue weighted by atomic mass is 32.2. The first-order valence-corrected chi connectivity index (χ1v) is 11.3. The van der Waals surface area contributed by atoms with Crippen molar-refractivity contribution < 1.29 is 13.9 Å². The van der Waals surface area contributed by atoms with Crippen LogP contribution in [0.5, 0.6) is 5.75 Å². The first kappa shape index (κ1) is 19.8. The molecule has 3 atom stereocenters. The van der Waals surface area contributed by atoms with Crippen molar-refractivity contribution in [2.75, 3.05) is 26.2 Å². The van der Waals surface area contributed by atoms with Crippen LogP contribution in [-0.4, -0.2) is 59.3 Å². The van der Waals surface area contributed by atoms with Gasteiger partial charge in [0.1, 0.15) is 18.2 Å². The number of likely N-dealkylation sites (tertiary alicyclic amines) is 2. The Hall–Kier alpha value is -1.53. The fourth-order valence-electron chi connectivity index (χ4n) is 4.47. The Morgan fingerprint density at radius 1 is 1.29 bits per heavy atom. The molecule has 152 valence electrons. The summed E-state index contributed by atoms with van der Waals surface area (Å²) in [5, 5.41) is 2.47. The third kappa shape index (κ3) is 4.38. The van der Waals surface area contributed by atoms with Gasteiger partial charge in [0, 0.05) is 36.5 Å². The number of halogens is 1. The Morgan fingerprint density at radius 3 is 2.86 bits per heavy atom. The number of hydrogen-bond acceptors (Lipinski definition) is 4. The minimum absolute atomic E-state index is 0.158. The third-order valence-corrected chi connectivity index (χ3v) is 7.21. The SMILES string of the molecule is C[C@@H]1CCCN1C[C@@H]1CCCN1C(=O)c1ccc(OCC2CC=CS2)cc1F. The molecule has 6 heteroatoms. The molecule has 0 bridgehead atoms. The first-order valence-electron chi connectivity index (χ1n) is 10.4. The van der Waals surface area contributed by atoms with Crippen molar-refractivity contribution in [1.82, 2.24) is 9.80 Å². The molecule has 1 aromatic carbocycles. The van der Waals surface area contributed by atoms with E-state index in [1.807, 2.05) is 4.90 Å². The summed E-state index contributed by atoms with van der Waals surface area (Å²) in [6, 6.07) is 5.43. The molecule has 2 fully saturated rings. The van der Waals surface area contributed by atoms with Gasteiger partial charge in [-0.3, -0.25) is 9.69 Å². The lowest BCUT2D eigenvalue weighted by Crippen LogP contribution is -2.44. The van der Waals surface area contributed by atoms with E-state index in [0.717, 1.165) is 38.9 Å². The van der Waals surface area contributed by atoms with Crippen LogP contribution >= 0.6 is 11.8 Å². The topological polar surface area (TPSA) is 32.8 Å². The number of carbonyl (C=O) groups is 1. The van der Waals surface area contributed by atoms with E-state index in [2.05, 4.69) is 23.3 Å². The average molecular weight is 405 g/mol. The van der Waals surface area contributed by atoms with Crippen LogP contribution in [0.3, 0.4) is 0 Å². The lowest BCUT2D eigenvalue weighted by Gasteiger charge is -2.31. The van der Waals surface area contributed by atoms with E-state index in [1.54, 1.807) is 23.9 Å². The number of nitrogens with zero attached hydrogens (tertiary/aromatic N) is 2. The number of ether oxygens (including phenoxy) is 1. The Morgan fingerprint density at radius 2 is 2.14 bits per heavy atom. The second-order valence-corrected chi connectivity index (χ2v) is 9.31. The highest BCUT2D eigenvalue weighted by molar-refractivity contribution is 8.03. The molecular weight excluding hydrogens is 375 g/mol. The van der Waals surface area contributed by atoms with Crippen LogP contribution in [0, 0.1) is 5.82 Å². The van der Waals surface area contributed by atoms with E-state index in [0.29, 0.717) is 23.6 Å². The monoisotopic (exact) mass is 404 g/mol. The molecule has 3 heterocycles. The van der Waals surface area contributed by atoms with E-state index < -0.39 is 5.82 Å². The average Bonchev–Trinajstić information content (AvgIpc) is 3.43. The minimum Gasteiger partial charge on any atom is -0.492 e. The molecule has 0 aliphatic carbocycles. The molecule has 2 saturated heterocycles. The summed E-state index contributed by atoms with van der Waals surface area (Å²) >= 11 is 1.74. The molecule has 0 radical (unpaired) electrons. The summed E-state index contributed by atoms with van der Waals surface area (Å²) in [6.07, 6.45) is 7.56. The van der Waals surface area contributed by atoms with Gasteiger partial charge in [-0.2, -0.15) is 0 Å². The fourth-order valence-corrected chi connectivity index (χ4v) is 5.28. The fraction of sp³-hybridized carbons (Fsp3) is 0.591. The van der Waals surface area contributed by atoms with Gasteiger partial charge in [0.2, 0.25) is 0 Å². The Balaban J connectivity index is 1.38. The molecule has 1 aromatic rings. The number of benzene rings is 1. The number of thioether (sulfide) groups is 1. The highest BCUT2D eigenvalue weighted by Gasteiger charge is 2.33. The zero-order valence-corrected chi connectivity index (χ0v) is 17.3. The Labute approximate surface area is 171 Å². The molecule has 0 N–H and O–H groups in total. The van der Waals surface area contributed by atoms with Crippen molar-refractivity contribution in [3.8, 4) is 5.75 Å². The molecule has 4 nitrogen and oxygen atoms in total. The van der Waals surface area contributed by atoms with Gasteiger partial charge >= 0.3 is 0 Å². The minimum atomic E-state index is -0.486. The van der Waals surface area contributed by atoms with Crippen molar-refractivity contribution in [3.63, 3.8) is 0 Å². The quantitative estimate of drug-likeness (QED) is 0.707. The second kappa shape index (κ2) is 8.87. The molecule has 1 unspecified atom stereocenters. The molecule has 3 aliphatic heterocycles. The third-order valence-electron chi connectivity index (χ3n) is 6.15. The highest BCUT2D eigenvalue weighted by Crippen LogP contribution is 2.28. The van der Waals surface area contributed by atoms with Crippen molar-refractivity contribution in [2.24, 2.45) is 0 Å². The van der Waals surface area contributed by atoms with E-state index in [9.17, 15) is 9.18 Å². The number of allylic oxidation sites excluding steroid dienone is 1. The summed E-state index contributed by atoms with van der Waals surface area (Å²) < 4.78 is 20.4. The van der Waals surface area contributed by atoms with E-state index in [1.165, 1.54) is 18.9 Å². The lowest BCUT2D eigenvalue weighted by molar-refractivity contribution is 0.0692. The van der Waals surface area contributed by atoms with Crippen LogP contribution in [0.4, 0.5) is 4.39 Å². The largest absolute Gasteiger partial charge is 0.492 e. The predicted octanol–water partition coefficient (Wildman–Crippen LogP) is 4.31. The lowest BCUT2D eigenvalue weighted by atomic mass is 10.1. The van der Waals surface area contributed by atoms with Crippen molar-refractivity contribution in [1.29, 1.82) is 0 Å². The van der Waals surface area contributed by atoms with Crippen molar-refractivity contribution >= 4 is 17.7 Å². The molecule has 4 rings (SSSR count). The van der Waals surface area contributed by atoms with E-state index in [-0.39, 0.29) is 17.5 Å². The van der Waals surface area contributed by atoms with Crippen molar-refractivity contribution in [2.45, 2.75) is 56.4 Å². The standard InChI is InChI=1S/C22H29FN2O2S/c1-16-5-2-10-24(16)14-17-6-3-11-25(17)22(26)20-9-8-18(13-21(20)23)27-15-19-7-4-12-28-19/h4,8-9,12-13,16-17,19H,2-3,5-7,10-11,14-15H2,1H3/t16-,17+,19?/m1/s1. The van der Waals surface area contributed by atoms with Crippen LogP contribution < -0.4 is 4.74 Å². The van der Waals surface area contributed by atoms with Gasteiger partial charge in [-0.05, 0) is 63.1 Å². The van der Waals surface area contributed by atoms with Gasteiger partial charge in [0.15, 0.2) is 0 Å². The molecule has 3 aliphatic rings. The molecule has 0 spiro atoms. The molecule has 28 heavy (non-hydrogen) atoms. The smallest absolute Gasteiger partial charge is 0.257 e. The second-order valence-electron chi connectivity index (χ2n) is 8.10. The summed E-state index contributed by atoms with van der Waals surface area (Å²) in [7, 11) is 0. The predicted molar refractivity (Wildman–Crippen MR) is 111 cm³/mol. The summed E-state index contributed by atoms with van der Waals surface area (Å²) in [5.74, 6) is -0.181. The van der Waals surface area contributed by atoms with Crippen LogP contribution in [0.15, 0.2) is 29.7 Å². The van der Waals surface area contributed by atoms with Gasteiger partial charge < -0.3 is 9.64 Å². The molecular formula is C22H29FN2O2S. The van der Waals surface area contributed by atoms with Crippen LogP contribution in [0.1, 0.15) is 49.4 Å². The van der Waals surface area contributed by atoms with Gasteiger partial charge in [0.05, 0.1) is 5.56 Å². The maximum Gasteiger partial charge on any atom is 0.257 e. The van der Waals surface area contributed by atoms with Gasteiger partial charge in [-0.15, -0.1) is 11.8 Å². The van der Waals surface area contributed by atoms with E-state index in [4.69, 9.17) is 4.74 Å². The maximum atomic E-state index is 14.7. The van der Waals surface area contributed by atoms with Gasteiger partial charge in [0.25, 0.3) is 5.91 Å². The summed E-state index contributed by atoms with van der Waals surface area (Å²) in [6.45, 7) is 5.53. The molecule has 0 saturated carbocycles. The van der Waals surface area contributed by atoms with Gasteiger partial charge in [-0.25, -0.2) is 4.39 Å². The number of amides is 1. The van der Waals surface area contributed by atoms with E-state index >= 15 is 0 Å². The molecule has 1 amide bonds. The summed E-state index contributed by atoms with van der Waals surface area (Å²) in [5.41, 5.74) is 0.158. The van der Waals surface area contributed by atoms with Crippen LogP contribution in [-0.2, 0) is 0 Å². The number of hydrogen-bond donors (Lipinski definition) is 0. The zero-order chi connectivity index (χ0) is 19.5. The zero-order valence-electron chi connectivity index (χ0n) is 16.5. The van der Waals surface area contributed by atoms with Gasteiger partial charge in [-0.1, -0.05) is 6.08 Å². The Kier molecular flexibility index (Phi) is 6.26.